The van der Waals surface area contributed by atoms with Crippen LogP contribution in [0.3, 0.4) is 0 Å². The van der Waals surface area contributed by atoms with Gasteiger partial charge in [0.05, 0.1) is 5.54 Å². The van der Waals surface area contributed by atoms with E-state index in [1.165, 1.54) is 12.7 Å². The molecule has 0 N–H and O–H groups in total. The molecule has 0 spiro atoms. The Morgan fingerprint density at radius 2 is 2.14 bits per heavy atom. The van der Waals surface area contributed by atoms with E-state index in [2.05, 4.69) is 15.3 Å². The fourth-order valence-electron chi connectivity index (χ4n) is 2.24. The maximum atomic E-state index is 10.5. The van der Waals surface area contributed by atoms with Crippen molar-refractivity contribution in [1.82, 2.24) is 14.8 Å². The highest BCUT2D eigenvalue weighted by Gasteiger charge is 2.35. The molecule has 0 saturated heterocycles. The lowest BCUT2D eigenvalue weighted by atomic mass is 9.82. The Morgan fingerprint density at radius 1 is 1.36 bits per heavy atom. The molecule has 0 amide bonds. The van der Waals surface area contributed by atoms with E-state index in [1.54, 1.807) is 6.33 Å². The third-order valence-electron chi connectivity index (χ3n) is 3.05. The van der Waals surface area contributed by atoms with Crippen molar-refractivity contribution >= 4 is 0 Å². The van der Waals surface area contributed by atoms with Crippen molar-refractivity contribution in [2.24, 2.45) is 5.18 Å². The molecular formula is C9H14N4O. The number of aromatic nitrogens is 3. The Bertz CT molecular complexity index is 290. The zero-order chi connectivity index (χ0) is 9.86. The molecule has 0 radical (unpaired) electrons. The summed E-state index contributed by atoms with van der Waals surface area (Å²) in [5.74, 6) is 0. The fraction of sp³-hybridized carbons (Fsp3) is 0.778. The van der Waals surface area contributed by atoms with Crippen LogP contribution in [0, 0.1) is 4.91 Å². The van der Waals surface area contributed by atoms with E-state index < -0.39 is 0 Å². The number of rotatable bonds is 3. The monoisotopic (exact) mass is 194 g/mol. The molecule has 1 aliphatic rings. The van der Waals surface area contributed by atoms with Gasteiger partial charge in [0, 0.05) is 0 Å². The van der Waals surface area contributed by atoms with E-state index in [1.807, 2.05) is 4.68 Å². The first-order valence-electron chi connectivity index (χ1n) is 5.02. The molecule has 1 saturated carbocycles. The van der Waals surface area contributed by atoms with E-state index in [0.717, 1.165) is 25.7 Å². The lowest BCUT2D eigenvalue weighted by Crippen LogP contribution is -2.39. The van der Waals surface area contributed by atoms with Gasteiger partial charge in [0.1, 0.15) is 19.2 Å². The SMILES string of the molecule is O=NCC1(n2cncn2)CCCCC1. The second-order valence-electron chi connectivity index (χ2n) is 3.91. The van der Waals surface area contributed by atoms with E-state index in [4.69, 9.17) is 0 Å². The van der Waals surface area contributed by atoms with Gasteiger partial charge in [-0.05, 0) is 12.8 Å². The average molecular weight is 194 g/mol. The van der Waals surface area contributed by atoms with Crippen LogP contribution in [0.15, 0.2) is 17.8 Å². The van der Waals surface area contributed by atoms with Gasteiger partial charge in [-0.1, -0.05) is 24.4 Å². The van der Waals surface area contributed by atoms with Crippen molar-refractivity contribution in [3.63, 3.8) is 0 Å². The first-order valence-corrected chi connectivity index (χ1v) is 5.02. The van der Waals surface area contributed by atoms with Gasteiger partial charge in [0.15, 0.2) is 0 Å². The first kappa shape index (κ1) is 9.30. The smallest absolute Gasteiger partial charge is 0.137 e. The maximum absolute atomic E-state index is 10.5. The van der Waals surface area contributed by atoms with E-state index >= 15 is 0 Å². The zero-order valence-corrected chi connectivity index (χ0v) is 8.09. The molecule has 76 valence electrons. The number of hydrogen-bond donors (Lipinski definition) is 0. The molecule has 1 aliphatic carbocycles. The van der Waals surface area contributed by atoms with Crippen molar-refractivity contribution in [3.8, 4) is 0 Å². The summed E-state index contributed by atoms with van der Waals surface area (Å²) in [4.78, 5) is 14.4. The van der Waals surface area contributed by atoms with Gasteiger partial charge in [-0.2, -0.15) is 10.0 Å². The van der Waals surface area contributed by atoms with Crippen LogP contribution in [0.5, 0.6) is 0 Å². The molecular weight excluding hydrogens is 180 g/mol. The Hall–Kier alpha value is -1.26. The van der Waals surface area contributed by atoms with Crippen molar-refractivity contribution in [2.45, 2.75) is 37.6 Å². The normalized spacial score (nSPS) is 20.6. The van der Waals surface area contributed by atoms with Crippen molar-refractivity contribution in [1.29, 1.82) is 0 Å². The van der Waals surface area contributed by atoms with Crippen LogP contribution < -0.4 is 0 Å². The highest BCUT2D eigenvalue weighted by molar-refractivity contribution is 4.90. The molecule has 0 aromatic carbocycles. The lowest BCUT2D eigenvalue weighted by molar-refractivity contribution is 0.182. The standard InChI is InChI=1S/C9H14N4O/c14-12-6-9(4-2-1-3-5-9)13-8-10-7-11-13/h7-8H,1-6H2. The molecule has 0 atom stereocenters. The Labute approximate surface area is 82.5 Å². The zero-order valence-electron chi connectivity index (χ0n) is 8.09. The van der Waals surface area contributed by atoms with Gasteiger partial charge in [-0.15, -0.1) is 0 Å². The predicted octanol–water partition coefficient (Wildman–Crippen LogP) is 1.70. The molecule has 1 aromatic heterocycles. The van der Waals surface area contributed by atoms with Crippen LogP contribution in [0.25, 0.3) is 0 Å². The molecule has 5 heteroatoms. The van der Waals surface area contributed by atoms with Crippen LogP contribution in [-0.2, 0) is 5.54 Å². The second kappa shape index (κ2) is 3.86. The van der Waals surface area contributed by atoms with Crippen molar-refractivity contribution in [2.75, 3.05) is 6.54 Å². The van der Waals surface area contributed by atoms with Gasteiger partial charge in [-0.3, -0.25) is 0 Å². The molecule has 0 bridgehead atoms. The van der Waals surface area contributed by atoms with Gasteiger partial charge in [0.25, 0.3) is 0 Å². The topological polar surface area (TPSA) is 60.1 Å². The van der Waals surface area contributed by atoms with Crippen molar-refractivity contribution in [3.05, 3.63) is 17.6 Å². The van der Waals surface area contributed by atoms with Crippen LogP contribution >= 0.6 is 0 Å². The maximum Gasteiger partial charge on any atom is 0.137 e. The van der Waals surface area contributed by atoms with Crippen molar-refractivity contribution < 1.29 is 0 Å². The van der Waals surface area contributed by atoms with E-state index in [9.17, 15) is 4.91 Å². The lowest BCUT2D eigenvalue weighted by Gasteiger charge is -2.34. The molecule has 0 unspecified atom stereocenters. The summed E-state index contributed by atoms with van der Waals surface area (Å²) in [6, 6.07) is 0. The highest BCUT2D eigenvalue weighted by Crippen LogP contribution is 2.34. The summed E-state index contributed by atoms with van der Waals surface area (Å²) in [6.45, 7) is 0.316. The van der Waals surface area contributed by atoms with Crippen LogP contribution in [-0.4, -0.2) is 21.3 Å². The minimum Gasteiger partial charge on any atom is -0.245 e. The molecule has 1 aromatic rings. The first-order chi connectivity index (χ1) is 6.87. The van der Waals surface area contributed by atoms with E-state index in [0.29, 0.717) is 6.54 Å². The Balaban J connectivity index is 2.24. The second-order valence-corrected chi connectivity index (χ2v) is 3.91. The summed E-state index contributed by atoms with van der Waals surface area (Å²) in [7, 11) is 0. The minimum atomic E-state index is -0.184. The molecule has 1 heterocycles. The third-order valence-corrected chi connectivity index (χ3v) is 3.05. The number of nitroso groups, excluding NO2 is 1. The van der Waals surface area contributed by atoms with Crippen LogP contribution in [0.2, 0.25) is 0 Å². The third kappa shape index (κ3) is 1.54. The quantitative estimate of drug-likeness (QED) is 0.688. The summed E-state index contributed by atoms with van der Waals surface area (Å²) < 4.78 is 1.81. The minimum absolute atomic E-state index is 0.184. The highest BCUT2D eigenvalue weighted by atomic mass is 16.3. The van der Waals surface area contributed by atoms with Gasteiger partial charge >= 0.3 is 0 Å². The van der Waals surface area contributed by atoms with Crippen LogP contribution in [0.1, 0.15) is 32.1 Å². The summed E-state index contributed by atoms with van der Waals surface area (Å²) >= 11 is 0. The Kier molecular flexibility index (Phi) is 2.56. The van der Waals surface area contributed by atoms with Gasteiger partial charge < -0.3 is 0 Å². The summed E-state index contributed by atoms with van der Waals surface area (Å²) in [6.07, 6.45) is 8.72. The number of hydrogen-bond acceptors (Lipinski definition) is 4. The van der Waals surface area contributed by atoms with Crippen LogP contribution in [0.4, 0.5) is 0 Å². The van der Waals surface area contributed by atoms with Gasteiger partial charge in [-0.25, -0.2) is 9.67 Å². The molecule has 5 nitrogen and oxygen atoms in total. The Morgan fingerprint density at radius 3 is 2.71 bits per heavy atom. The molecule has 0 aliphatic heterocycles. The van der Waals surface area contributed by atoms with Gasteiger partial charge in [0.2, 0.25) is 0 Å². The summed E-state index contributed by atoms with van der Waals surface area (Å²) in [5, 5.41) is 7.19. The molecule has 1 fully saturated rings. The average Bonchev–Trinajstić information content (AvgIpc) is 2.73. The molecule has 2 rings (SSSR count). The number of nitrogens with zero attached hydrogens (tertiary/aromatic N) is 4. The molecule has 14 heavy (non-hydrogen) atoms. The predicted molar refractivity (Wildman–Crippen MR) is 51.7 cm³/mol. The largest absolute Gasteiger partial charge is 0.245 e. The fourth-order valence-corrected chi connectivity index (χ4v) is 2.24. The van der Waals surface area contributed by atoms with E-state index in [-0.39, 0.29) is 5.54 Å². The summed E-state index contributed by atoms with van der Waals surface area (Å²) in [5.41, 5.74) is -0.184.